The lowest BCUT2D eigenvalue weighted by Gasteiger charge is -2.24. The van der Waals surface area contributed by atoms with Crippen LogP contribution < -0.4 is 21.7 Å². The predicted octanol–water partition coefficient (Wildman–Crippen LogP) is 1.60. The van der Waals surface area contributed by atoms with E-state index >= 15 is 0 Å². The largest absolute Gasteiger partial charge is 0.480 e. The summed E-state index contributed by atoms with van der Waals surface area (Å²) in [6.45, 7) is 1.46. The molecule has 6 N–H and O–H groups in total. The maximum atomic E-state index is 13.2. The minimum absolute atomic E-state index is 0.0918. The zero-order valence-electron chi connectivity index (χ0n) is 21.7. The van der Waals surface area contributed by atoms with Crippen LogP contribution in [-0.2, 0) is 38.4 Å². The molecule has 0 saturated carbocycles. The van der Waals surface area contributed by atoms with Gasteiger partial charge in [-0.1, -0.05) is 91.0 Å². The number of nitrogens with two attached hydrogens (primary N) is 1. The highest BCUT2D eigenvalue weighted by Gasteiger charge is 2.28. The van der Waals surface area contributed by atoms with E-state index in [0.29, 0.717) is 6.42 Å². The van der Waals surface area contributed by atoms with E-state index in [-0.39, 0.29) is 12.8 Å². The second-order valence-corrected chi connectivity index (χ2v) is 9.37. The number of carbonyl (C=O) groups is 4. The number of amides is 3. The lowest BCUT2D eigenvalue weighted by atomic mass is 10.0. The Morgan fingerprint density at radius 1 is 0.615 bits per heavy atom. The topological polar surface area (TPSA) is 151 Å². The molecule has 9 nitrogen and oxygen atoms in total. The molecule has 39 heavy (non-hydrogen) atoms. The number of nitrogens with one attached hydrogen (secondary N) is 3. The molecule has 0 aliphatic heterocycles. The molecule has 0 fully saturated rings. The number of benzene rings is 3. The van der Waals surface area contributed by atoms with Gasteiger partial charge in [-0.25, -0.2) is 4.79 Å². The second-order valence-electron chi connectivity index (χ2n) is 9.37. The van der Waals surface area contributed by atoms with Gasteiger partial charge in [-0.05, 0) is 30.0 Å². The molecule has 0 saturated heterocycles. The highest BCUT2D eigenvalue weighted by molar-refractivity contribution is 5.94. The minimum Gasteiger partial charge on any atom is -0.480 e. The van der Waals surface area contributed by atoms with Crippen molar-refractivity contribution in [2.45, 2.75) is 50.4 Å². The summed E-state index contributed by atoms with van der Waals surface area (Å²) in [4.78, 5) is 50.7. The van der Waals surface area contributed by atoms with Crippen LogP contribution in [0.25, 0.3) is 0 Å². The number of aliphatic carboxylic acids is 1. The maximum absolute atomic E-state index is 13.2. The van der Waals surface area contributed by atoms with Crippen molar-refractivity contribution in [2.24, 2.45) is 5.73 Å². The zero-order valence-corrected chi connectivity index (χ0v) is 21.7. The Balaban J connectivity index is 1.65. The lowest BCUT2D eigenvalue weighted by Crippen LogP contribution is -2.57. The van der Waals surface area contributed by atoms with E-state index in [4.69, 9.17) is 5.73 Å². The van der Waals surface area contributed by atoms with Gasteiger partial charge in [0.25, 0.3) is 0 Å². The van der Waals surface area contributed by atoms with Crippen molar-refractivity contribution in [3.8, 4) is 0 Å². The van der Waals surface area contributed by atoms with Crippen LogP contribution in [0.2, 0.25) is 0 Å². The Bertz CT molecular complexity index is 1240. The van der Waals surface area contributed by atoms with Gasteiger partial charge in [0.05, 0.1) is 6.04 Å². The molecule has 204 valence electrons. The number of hydrogen-bond acceptors (Lipinski definition) is 5. The van der Waals surface area contributed by atoms with Gasteiger partial charge in [0.2, 0.25) is 17.7 Å². The van der Waals surface area contributed by atoms with Crippen LogP contribution in [0.15, 0.2) is 91.0 Å². The molecule has 0 aliphatic rings. The standard InChI is InChI=1S/C30H34N4O5/c1-20(27(35)34-26(30(38)39)19-23-15-9-4-10-16-23)32-29(37)25(18-22-13-7-3-8-14-22)33-28(36)24(31)17-21-11-5-2-6-12-21/h2-16,20,24-26H,17-19,31H2,1H3,(H,32,37)(H,33,36)(H,34,35)(H,38,39). The number of carbonyl (C=O) groups excluding carboxylic acids is 3. The normalized spacial score (nSPS) is 13.8. The Kier molecular flexibility index (Phi) is 10.8. The van der Waals surface area contributed by atoms with Gasteiger partial charge in [-0.3, -0.25) is 14.4 Å². The summed E-state index contributed by atoms with van der Waals surface area (Å²) in [5, 5.41) is 17.4. The third-order valence-electron chi connectivity index (χ3n) is 6.20. The number of rotatable bonds is 13. The van der Waals surface area contributed by atoms with Crippen LogP contribution in [0.4, 0.5) is 0 Å². The molecular weight excluding hydrogens is 496 g/mol. The van der Waals surface area contributed by atoms with Crippen LogP contribution >= 0.6 is 0 Å². The molecule has 0 aliphatic carbocycles. The van der Waals surface area contributed by atoms with Gasteiger partial charge in [0, 0.05) is 12.8 Å². The molecule has 3 aromatic carbocycles. The summed E-state index contributed by atoms with van der Waals surface area (Å²) in [5.41, 5.74) is 8.57. The van der Waals surface area contributed by atoms with E-state index in [9.17, 15) is 24.3 Å². The Labute approximate surface area is 227 Å². The first-order valence-corrected chi connectivity index (χ1v) is 12.7. The molecule has 9 heteroatoms. The summed E-state index contributed by atoms with van der Waals surface area (Å²) < 4.78 is 0. The lowest BCUT2D eigenvalue weighted by molar-refractivity contribution is -0.142. The van der Waals surface area contributed by atoms with E-state index in [1.165, 1.54) is 6.92 Å². The quantitative estimate of drug-likeness (QED) is 0.227. The Morgan fingerprint density at radius 3 is 1.49 bits per heavy atom. The molecule has 0 heterocycles. The second kappa shape index (κ2) is 14.4. The number of hydrogen-bond donors (Lipinski definition) is 5. The van der Waals surface area contributed by atoms with Crippen LogP contribution in [-0.4, -0.2) is 53.0 Å². The zero-order chi connectivity index (χ0) is 28.2. The van der Waals surface area contributed by atoms with Crippen molar-refractivity contribution in [3.05, 3.63) is 108 Å². The Hall–Kier alpha value is -4.50. The molecule has 4 atom stereocenters. The first kappa shape index (κ1) is 29.1. The van der Waals surface area contributed by atoms with E-state index in [0.717, 1.165) is 16.7 Å². The van der Waals surface area contributed by atoms with Gasteiger partial charge in [-0.15, -0.1) is 0 Å². The average molecular weight is 531 g/mol. The van der Waals surface area contributed by atoms with Crippen LogP contribution in [0.5, 0.6) is 0 Å². The van der Waals surface area contributed by atoms with Gasteiger partial charge in [0.1, 0.15) is 18.1 Å². The van der Waals surface area contributed by atoms with Crippen LogP contribution in [0.1, 0.15) is 23.6 Å². The fourth-order valence-corrected chi connectivity index (χ4v) is 4.02. The van der Waals surface area contributed by atoms with E-state index < -0.39 is 47.9 Å². The van der Waals surface area contributed by atoms with Crippen molar-refractivity contribution in [1.82, 2.24) is 16.0 Å². The molecule has 0 aromatic heterocycles. The molecular formula is C30H34N4O5. The van der Waals surface area contributed by atoms with Crippen LogP contribution in [0, 0.1) is 0 Å². The summed E-state index contributed by atoms with van der Waals surface area (Å²) in [7, 11) is 0. The third-order valence-corrected chi connectivity index (χ3v) is 6.20. The first-order valence-electron chi connectivity index (χ1n) is 12.7. The van der Waals surface area contributed by atoms with Gasteiger partial charge < -0.3 is 26.8 Å². The van der Waals surface area contributed by atoms with E-state index in [1.54, 1.807) is 24.3 Å². The number of carboxylic acid groups (broad SMARTS) is 1. The summed E-state index contributed by atoms with van der Waals surface area (Å²) in [6, 6.07) is 23.3. The monoisotopic (exact) mass is 530 g/mol. The molecule has 3 aromatic rings. The van der Waals surface area contributed by atoms with Gasteiger partial charge >= 0.3 is 5.97 Å². The van der Waals surface area contributed by atoms with E-state index in [1.807, 2.05) is 66.7 Å². The summed E-state index contributed by atoms with van der Waals surface area (Å²) >= 11 is 0. The molecule has 0 radical (unpaired) electrons. The summed E-state index contributed by atoms with van der Waals surface area (Å²) in [5.74, 6) is -2.93. The highest BCUT2D eigenvalue weighted by Crippen LogP contribution is 2.07. The third kappa shape index (κ3) is 9.39. The van der Waals surface area contributed by atoms with Crippen molar-refractivity contribution in [2.75, 3.05) is 0 Å². The molecule has 0 spiro atoms. The van der Waals surface area contributed by atoms with Crippen molar-refractivity contribution < 1.29 is 24.3 Å². The van der Waals surface area contributed by atoms with Crippen LogP contribution in [0.3, 0.4) is 0 Å². The Morgan fingerprint density at radius 2 is 1.03 bits per heavy atom. The fraction of sp³-hybridized carbons (Fsp3) is 0.267. The number of carboxylic acids is 1. The van der Waals surface area contributed by atoms with Crippen molar-refractivity contribution in [1.29, 1.82) is 0 Å². The first-order chi connectivity index (χ1) is 18.7. The molecule has 0 bridgehead atoms. The molecule has 3 rings (SSSR count). The SMILES string of the molecule is CC(NC(=O)C(Cc1ccccc1)NC(=O)C(N)Cc1ccccc1)C(=O)NC(Cc1ccccc1)C(=O)O. The van der Waals surface area contributed by atoms with Gasteiger partial charge in [-0.2, -0.15) is 0 Å². The molecule has 3 amide bonds. The maximum Gasteiger partial charge on any atom is 0.326 e. The van der Waals surface area contributed by atoms with E-state index in [2.05, 4.69) is 16.0 Å². The predicted molar refractivity (Wildman–Crippen MR) is 148 cm³/mol. The minimum atomic E-state index is -1.19. The highest BCUT2D eigenvalue weighted by atomic mass is 16.4. The smallest absolute Gasteiger partial charge is 0.326 e. The fourth-order valence-electron chi connectivity index (χ4n) is 4.02. The molecule has 4 unspecified atom stereocenters. The average Bonchev–Trinajstić information content (AvgIpc) is 2.93. The van der Waals surface area contributed by atoms with Crippen molar-refractivity contribution >= 4 is 23.7 Å². The van der Waals surface area contributed by atoms with Gasteiger partial charge in [0.15, 0.2) is 0 Å². The van der Waals surface area contributed by atoms with Crippen molar-refractivity contribution in [3.63, 3.8) is 0 Å². The summed E-state index contributed by atoms with van der Waals surface area (Å²) in [6.07, 6.45) is 0.564.